The van der Waals surface area contributed by atoms with Crippen LogP contribution in [0.1, 0.15) is 5.56 Å². The molecule has 3 N–H and O–H groups in total. The van der Waals surface area contributed by atoms with Crippen LogP contribution in [0.2, 0.25) is 0 Å². The molecule has 0 heterocycles. The van der Waals surface area contributed by atoms with Crippen LogP contribution in [0.25, 0.3) is 0 Å². The summed E-state index contributed by atoms with van der Waals surface area (Å²) in [5.41, 5.74) is 6.40. The molecule has 0 saturated heterocycles. The Labute approximate surface area is 146 Å². The SMILES string of the molecule is Cc1ccc(Oc2ccc(N(C[C@@H](O)C(N)=O)S(C)(=O)=O)cc2)cc1. The van der Waals surface area contributed by atoms with Gasteiger partial charge < -0.3 is 15.6 Å². The van der Waals surface area contributed by atoms with Gasteiger partial charge in [0.15, 0.2) is 6.10 Å². The summed E-state index contributed by atoms with van der Waals surface area (Å²) in [6, 6.07) is 13.7. The lowest BCUT2D eigenvalue weighted by Crippen LogP contribution is -2.42. The zero-order valence-corrected chi connectivity index (χ0v) is 14.7. The maximum absolute atomic E-state index is 11.9. The lowest BCUT2D eigenvalue weighted by molar-refractivity contribution is -0.125. The minimum absolute atomic E-state index is 0.291. The highest BCUT2D eigenvalue weighted by atomic mass is 32.2. The molecule has 0 saturated carbocycles. The van der Waals surface area contributed by atoms with Crippen molar-refractivity contribution in [3.63, 3.8) is 0 Å². The molecular formula is C17H20N2O5S. The minimum Gasteiger partial charge on any atom is -0.457 e. The molecule has 1 amide bonds. The molecular weight excluding hydrogens is 344 g/mol. The third-order valence-corrected chi connectivity index (χ3v) is 4.61. The first-order chi connectivity index (χ1) is 11.7. The molecule has 0 spiro atoms. The standard InChI is InChI=1S/C17H20N2O5S/c1-12-3-7-14(8-4-12)24-15-9-5-13(6-10-15)19(25(2,22)23)11-16(20)17(18)21/h3-10,16,20H,11H2,1-2H3,(H2,18,21)/t16-/m1/s1. The summed E-state index contributed by atoms with van der Waals surface area (Å²) < 4.78 is 30.5. The molecule has 0 aliphatic carbocycles. The van der Waals surface area contributed by atoms with Gasteiger partial charge in [-0.1, -0.05) is 17.7 Å². The minimum atomic E-state index is -3.70. The van der Waals surface area contributed by atoms with Gasteiger partial charge in [-0.2, -0.15) is 0 Å². The van der Waals surface area contributed by atoms with Crippen LogP contribution in [0.3, 0.4) is 0 Å². The Balaban J connectivity index is 2.20. The number of ether oxygens (including phenoxy) is 1. The third-order valence-electron chi connectivity index (χ3n) is 3.45. The maximum atomic E-state index is 11.9. The second-order valence-electron chi connectivity index (χ2n) is 5.62. The van der Waals surface area contributed by atoms with Crippen LogP contribution in [-0.2, 0) is 14.8 Å². The summed E-state index contributed by atoms with van der Waals surface area (Å²) in [6.07, 6.45) is -0.615. The maximum Gasteiger partial charge on any atom is 0.248 e. The normalized spacial score (nSPS) is 12.4. The Morgan fingerprint density at radius 2 is 1.60 bits per heavy atom. The molecule has 0 unspecified atom stereocenters. The number of aryl methyl sites for hydroxylation is 1. The van der Waals surface area contributed by atoms with E-state index in [4.69, 9.17) is 10.5 Å². The van der Waals surface area contributed by atoms with E-state index in [0.717, 1.165) is 16.1 Å². The first-order valence-electron chi connectivity index (χ1n) is 7.46. The van der Waals surface area contributed by atoms with E-state index in [0.29, 0.717) is 17.2 Å². The lowest BCUT2D eigenvalue weighted by Gasteiger charge is -2.24. The fourth-order valence-electron chi connectivity index (χ4n) is 2.10. The van der Waals surface area contributed by atoms with E-state index in [1.54, 1.807) is 12.1 Å². The fraction of sp³-hybridized carbons (Fsp3) is 0.235. The average molecular weight is 364 g/mol. The van der Waals surface area contributed by atoms with Crippen molar-refractivity contribution in [1.29, 1.82) is 0 Å². The van der Waals surface area contributed by atoms with E-state index >= 15 is 0 Å². The molecule has 0 aliphatic rings. The van der Waals surface area contributed by atoms with Crippen LogP contribution in [0.15, 0.2) is 48.5 Å². The van der Waals surface area contributed by atoms with E-state index < -0.39 is 28.6 Å². The summed E-state index contributed by atoms with van der Waals surface area (Å²) in [5, 5.41) is 9.59. The van der Waals surface area contributed by atoms with Gasteiger partial charge in [-0.05, 0) is 43.3 Å². The highest BCUT2D eigenvalue weighted by Crippen LogP contribution is 2.26. The highest BCUT2D eigenvalue weighted by Gasteiger charge is 2.23. The molecule has 0 bridgehead atoms. The van der Waals surface area contributed by atoms with Crippen LogP contribution >= 0.6 is 0 Å². The van der Waals surface area contributed by atoms with Crippen molar-refractivity contribution in [2.24, 2.45) is 5.73 Å². The lowest BCUT2D eigenvalue weighted by atomic mass is 10.2. The van der Waals surface area contributed by atoms with Gasteiger partial charge in [0, 0.05) is 0 Å². The number of hydrogen-bond acceptors (Lipinski definition) is 5. The molecule has 25 heavy (non-hydrogen) atoms. The first kappa shape index (κ1) is 18.8. The molecule has 2 aromatic rings. The van der Waals surface area contributed by atoms with Crippen LogP contribution in [0.4, 0.5) is 5.69 Å². The number of nitrogens with zero attached hydrogens (tertiary/aromatic N) is 1. The quantitative estimate of drug-likeness (QED) is 0.772. The summed E-state index contributed by atoms with van der Waals surface area (Å²) >= 11 is 0. The first-order valence-corrected chi connectivity index (χ1v) is 9.31. The van der Waals surface area contributed by atoms with Gasteiger partial charge in [0.25, 0.3) is 0 Å². The number of carbonyl (C=O) groups is 1. The Bertz CT molecular complexity index is 832. The van der Waals surface area contributed by atoms with Crippen LogP contribution in [0, 0.1) is 6.92 Å². The van der Waals surface area contributed by atoms with Gasteiger partial charge in [0.2, 0.25) is 15.9 Å². The predicted molar refractivity (Wildman–Crippen MR) is 95.1 cm³/mol. The Morgan fingerprint density at radius 3 is 2.04 bits per heavy atom. The van der Waals surface area contributed by atoms with Gasteiger partial charge in [-0.3, -0.25) is 9.10 Å². The van der Waals surface area contributed by atoms with Crippen LogP contribution in [-0.4, -0.2) is 38.3 Å². The van der Waals surface area contributed by atoms with Crippen molar-refractivity contribution >= 4 is 21.6 Å². The van der Waals surface area contributed by atoms with E-state index in [9.17, 15) is 18.3 Å². The topological polar surface area (TPSA) is 110 Å². The van der Waals surface area contributed by atoms with E-state index in [1.165, 1.54) is 12.1 Å². The second kappa shape index (κ2) is 7.54. The summed E-state index contributed by atoms with van der Waals surface area (Å²) in [5.74, 6) is 0.187. The molecule has 1 atom stereocenters. The molecule has 7 nitrogen and oxygen atoms in total. The van der Waals surface area contributed by atoms with Crippen molar-refractivity contribution in [2.45, 2.75) is 13.0 Å². The zero-order valence-electron chi connectivity index (χ0n) is 13.9. The molecule has 8 heteroatoms. The van der Waals surface area contributed by atoms with Crippen molar-refractivity contribution in [3.05, 3.63) is 54.1 Å². The largest absolute Gasteiger partial charge is 0.457 e. The number of rotatable bonds is 7. The Hall–Kier alpha value is -2.58. The Morgan fingerprint density at radius 1 is 1.12 bits per heavy atom. The molecule has 2 rings (SSSR count). The van der Waals surface area contributed by atoms with Crippen molar-refractivity contribution in [1.82, 2.24) is 0 Å². The number of primary amides is 1. The highest BCUT2D eigenvalue weighted by molar-refractivity contribution is 7.92. The van der Waals surface area contributed by atoms with Crippen molar-refractivity contribution in [2.75, 3.05) is 17.1 Å². The molecule has 0 radical (unpaired) electrons. The zero-order chi connectivity index (χ0) is 18.6. The monoisotopic (exact) mass is 364 g/mol. The number of nitrogens with two attached hydrogens (primary N) is 1. The summed E-state index contributed by atoms with van der Waals surface area (Å²) in [6.45, 7) is 1.52. The van der Waals surface area contributed by atoms with Crippen LogP contribution in [0.5, 0.6) is 11.5 Å². The predicted octanol–water partition coefficient (Wildman–Crippen LogP) is 1.40. The van der Waals surface area contributed by atoms with Crippen molar-refractivity contribution in [3.8, 4) is 11.5 Å². The molecule has 0 aromatic heterocycles. The smallest absolute Gasteiger partial charge is 0.248 e. The van der Waals surface area contributed by atoms with E-state index in [1.807, 2.05) is 31.2 Å². The molecule has 2 aromatic carbocycles. The van der Waals surface area contributed by atoms with Crippen molar-refractivity contribution < 1.29 is 23.1 Å². The second-order valence-corrected chi connectivity index (χ2v) is 7.53. The number of aliphatic hydroxyl groups is 1. The van der Waals surface area contributed by atoms with Gasteiger partial charge >= 0.3 is 0 Å². The molecule has 134 valence electrons. The Kier molecular flexibility index (Phi) is 5.66. The van der Waals surface area contributed by atoms with Gasteiger partial charge in [-0.15, -0.1) is 0 Å². The number of sulfonamides is 1. The van der Waals surface area contributed by atoms with Gasteiger partial charge in [-0.25, -0.2) is 8.42 Å². The number of anilines is 1. The third kappa shape index (κ3) is 5.20. The number of aliphatic hydroxyl groups excluding tert-OH is 1. The number of hydrogen-bond donors (Lipinski definition) is 2. The van der Waals surface area contributed by atoms with Gasteiger partial charge in [0.1, 0.15) is 11.5 Å². The summed E-state index contributed by atoms with van der Waals surface area (Å²) in [7, 11) is -3.70. The summed E-state index contributed by atoms with van der Waals surface area (Å²) in [4.78, 5) is 11.0. The van der Waals surface area contributed by atoms with Crippen LogP contribution < -0.4 is 14.8 Å². The van der Waals surface area contributed by atoms with E-state index in [-0.39, 0.29) is 0 Å². The number of carbonyl (C=O) groups excluding carboxylic acids is 1. The number of amides is 1. The molecule has 0 aliphatic heterocycles. The van der Waals surface area contributed by atoms with E-state index in [2.05, 4.69) is 0 Å². The average Bonchev–Trinajstić information content (AvgIpc) is 2.54. The van der Waals surface area contributed by atoms with Gasteiger partial charge in [0.05, 0.1) is 18.5 Å². The number of benzene rings is 2. The molecule has 0 fully saturated rings. The fourth-order valence-corrected chi connectivity index (χ4v) is 3.02.